The third-order valence-electron chi connectivity index (χ3n) is 1.14. The van der Waals surface area contributed by atoms with Gasteiger partial charge in [0.15, 0.2) is 0 Å². The molecule has 0 aromatic rings. The van der Waals surface area contributed by atoms with Gasteiger partial charge in [-0.2, -0.15) is 0 Å². The van der Waals surface area contributed by atoms with E-state index in [-0.39, 0.29) is 5.92 Å². The van der Waals surface area contributed by atoms with Gasteiger partial charge in [0, 0.05) is 19.0 Å². The molecule has 2 heteroatoms. The molecule has 1 heterocycles. The highest BCUT2D eigenvalue weighted by Crippen LogP contribution is 2.05. The first-order chi connectivity index (χ1) is 3.43. The molecular weight excluding hydrogens is 90.1 g/mol. The number of hydrogen-bond acceptors (Lipinski definition) is 2. The van der Waals surface area contributed by atoms with Crippen LogP contribution in [0.15, 0.2) is 0 Å². The highest BCUT2D eigenvalue weighted by Gasteiger charge is 2.11. The summed E-state index contributed by atoms with van der Waals surface area (Å²) < 4.78 is 0. The molecule has 0 aliphatic carbocycles. The SMILES string of the molecule is O=CC1C[CH]NC1. The molecule has 0 aromatic heterocycles. The Morgan fingerprint density at radius 1 is 1.86 bits per heavy atom. The van der Waals surface area contributed by atoms with E-state index >= 15 is 0 Å². The molecule has 39 valence electrons. The Morgan fingerprint density at radius 3 is 3.00 bits per heavy atom. The van der Waals surface area contributed by atoms with Crippen molar-refractivity contribution in [2.45, 2.75) is 6.42 Å². The van der Waals surface area contributed by atoms with E-state index in [0.717, 1.165) is 19.3 Å². The molecule has 7 heavy (non-hydrogen) atoms. The molecule has 1 rings (SSSR count). The second kappa shape index (κ2) is 2.07. The Bertz CT molecular complexity index is 66.5. The van der Waals surface area contributed by atoms with Crippen molar-refractivity contribution in [3.8, 4) is 0 Å². The molecule has 1 saturated heterocycles. The molecule has 0 saturated carbocycles. The Balaban J connectivity index is 2.26. The van der Waals surface area contributed by atoms with Gasteiger partial charge in [-0.15, -0.1) is 0 Å². The zero-order chi connectivity index (χ0) is 5.11. The number of carbonyl (C=O) groups is 1. The first-order valence-electron chi connectivity index (χ1n) is 2.44. The van der Waals surface area contributed by atoms with Gasteiger partial charge >= 0.3 is 0 Å². The van der Waals surface area contributed by atoms with Crippen molar-refractivity contribution in [1.82, 2.24) is 5.32 Å². The number of carbonyl (C=O) groups excluding carboxylic acids is 1. The highest BCUT2D eigenvalue weighted by molar-refractivity contribution is 5.54. The lowest BCUT2D eigenvalue weighted by molar-refractivity contribution is -0.110. The zero-order valence-electron chi connectivity index (χ0n) is 4.05. The lowest BCUT2D eigenvalue weighted by Gasteiger charge is -1.89. The second-order valence-electron chi connectivity index (χ2n) is 1.74. The Morgan fingerprint density at radius 2 is 2.71 bits per heavy atom. The second-order valence-corrected chi connectivity index (χ2v) is 1.74. The lowest BCUT2D eigenvalue weighted by Crippen LogP contribution is -2.07. The van der Waals surface area contributed by atoms with Crippen molar-refractivity contribution in [2.75, 3.05) is 6.54 Å². The van der Waals surface area contributed by atoms with Crippen LogP contribution in [0.2, 0.25) is 0 Å². The number of rotatable bonds is 1. The van der Waals surface area contributed by atoms with Crippen LogP contribution in [0.5, 0.6) is 0 Å². The van der Waals surface area contributed by atoms with Crippen LogP contribution in [0.3, 0.4) is 0 Å². The van der Waals surface area contributed by atoms with Crippen molar-refractivity contribution < 1.29 is 4.79 Å². The summed E-state index contributed by atoms with van der Waals surface area (Å²) in [5.74, 6) is 0.250. The summed E-state index contributed by atoms with van der Waals surface area (Å²) in [5.41, 5.74) is 0. The van der Waals surface area contributed by atoms with Gasteiger partial charge in [-0.05, 0) is 6.42 Å². The zero-order valence-corrected chi connectivity index (χ0v) is 4.05. The van der Waals surface area contributed by atoms with Crippen LogP contribution >= 0.6 is 0 Å². The summed E-state index contributed by atoms with van der Waals surface area (Å²) in [7, 11) is 0. The number of nitrogens with one attached hydrogen (secondary N) is 1. The number of aldehydes is 1. The van der Waals surface area contributed by atoms with Crippen LogP contribution in [-0.2, 0) is 4.79 Å². The molecule has 0 spiro atoms. The molecule has 2 nitrogen and oxygen atoms in total. The molecule has 0 bridgehead atoms. The minimum Gasteiger partial charge on any atom is -0.312 e. The van der Waals surface area contributed by atoms with Crippen molar-refractivity contribution >= 4 is 6.29 Å². The van der Waals surface area contributed by atoms with Crippen molar-refractivity contribution in [1.29, 1.82) is 0 Å². The Kier molecular flexibility index (Phi) is 1.42. The normalized spacial score (nSPS) is 30.6. The number of hydrogen-bond donors (Lipinski definition) is 1. The van der Waals surface area contributed by atoms with Crippen LogP contribution in [0.25, 0.3) is 0 Å². The molecule has 0 amide bonds. The summed E-state index contributed by atoms with van der Waals surface area (Å²) in [6.45, 7) is 2.77. The average Bonchev–Trinajstić information content (AvgIpc) is 2.14. The van der Waals surface area contributed by atoms with Gasteiger partial charge < -0.3 is 10.1 Å². The van der Waals surface area contributed by atoms with Gasteiger partial charge in [-0.3, -0.25) is 0 Å². The fraction of sp³-hybridized carbons (Fsp3) is 0.600. The summed E-state index contributed by atoms with van der Waals surface area (Å²) in [5, 5.41) is 2.97. The maximum absolute atomic E-state index is 9.95. The van der Waals surface area contributed by atoms with Gasteiger partial charge in [0.25, 0.3) is 0 Å². The summed E-state index contributed by atoms with van der Waals surface area (Å²) in [6.07, 6.45) is 1.90. The van der Waals surface area contributed by atoms with Crippen LogP contribution in [0.4, 0.5) is 0 Å². The fourth-order valence-corrected chi connectivity index (χ4v) is 0.656. The van der Waals surface area contributed by atoms with E-state index in [4.69, 9.17) is 0 Å². The molecule has 1 unspecified atom stereocenters. The summed E-state index contributed by atoms with van der Waals surface area (Å²) >= 11 is 0. The van der Waals surface area contributed by atoms with Gasteiger partial charge in [-0.25, -0.2) is 0 Å². The van der Waals surface area contributed by atoms with Crippen LogP contribution in [0, 0.1) is 12.5 Å². The average molecular weight is 98.1 g/mol. The van der Waals surface area contributed by atoms with Gasteiger partial charge in [0.05, 0.1) is 0 Å². The quantitative estimate of drug-likeness (QED) is 0.466. The van der Waals surface area contributed by atoms with E-state index in [1.54, 1.807) is 0 Å². The van der Waals surface area contributed by atoms with E-state index in [1.807, 2.05) is 6.54 Å². The molecular formula is C5H8NO. The largest absolute Gasteiger partial charge is 0.312 e. The minimum absolute atomic E-state index is 0.250. The molecule has 1 N–H and O–H groups in total. The minimum atomic E-state index is 0.250. The molecule has 1 aliphatic heterocycles. The molecule has 1 radical (unpaired) electrons. The van der Waals surface area contributed by atoms with Gasteiger partial charge in [0.1, 0.15) is 6.29 Å². The molecule has 1 atom stereocenters. The van der Waals surface area contributed by atoms with E-state index in [0.29, 0.717) is 0 Å². The van der Waals surface area contributed by atoms with Crippen molar-refractivity contribution in [3.63, 3.8) is 0 Å². The topological polar surface area (TPSA) is 29.1 Å². The third-order valence-corrected chi connectivity index (χ3v) is 1.14. The van der Waals surface area contributed by atoms with Crippen LogP contribution in [0.1, 0.15) is 6.42 Å². The summed E-state index contributed by atoms with van der Waals surface area (Å²) in [6, 6.07) is 0. The van der Waals surface area contributed by atoms with E-state index in [9.17, 15) is 4.79 Å². The van der Waals surface area contributed by atoms with Gasteiger partial charge in [-0.1, -0.05) is 0 Å². The monoisotopic (exact) mass is 98.1 g/mol. The third kappa shape index (κ3) is 0.996. The molecule has 1 fully saturated rings. The first-order valence-corrected chi connectivity index (χ1v) is 2.44. The van der Waals surface area contributed by atoms with Crippen molar-refractivity contribution in [2.24, 2.45) is 5.92 Å². The van der Waals surface area contributed by atoms with Gasteiger partial charge in [0.2, 0.25) is 0 Å². The van der Waals surface area contributed by atoms with Crippen molar-refractivity contribution in [3.05, 3.63) is 6.54 Å². The lowest BCUT2D eigenvalue weighted by atomic mass is 10.2. The molecule has 0 aromatic carbocycles. The maximum Gasteiger partial charge on any atom is 0.124 e. The predicted octanol–water partition coefficient (Wildman–Crippen LogP) is -0.0434. The van der Waals surface area contributed by atoms with E-state index in [2.05, 4.69) is 5.32 Å². The highest BCUT2D eigenvalue weighted by atomic mass is 16.1. The predicted molar refractivity (Wildman–Crippen MR) is 26.5 cm³/mol. The first kappa shape index (κ1) is 4.78. The van der Waals surface area contributed by atoms with Crippen LogP contribution < -0.4 is 5.32 Å². The Hall–Kier alpha value is -0.370. The maximum atomic E-state index is 9.95. The smallest absolute Gasteiger partial charge is 0.124 e. The van der Waals surface area contributed by atoms with E-state index in [1.165, 1.54) is 0 Å². The van der Waals surface area contributed by atoms with Crippen LogP contribution in [-0.4, -0.2) is 12.8 Å². The molecule has 1 aliphatic rings. The van der Waals surface area contributed by atoms with E-state index < -0.39 is 0 Å². The fourth-order valence-electron chi connectivity index (χ4n) is 0.656. The Labute approximate surface area is 42.9 Å². The standard InChI is InChI=1S/C5H8NO/c7-4-5-1-2-6-3-5/h2,4-6H,1,3H2. The summed E-state index contributed by atoms with van der Waals surface area (Å²) in [4.78, 5) is 9.95.